The van der Waals surface area contributed by atoms with E-state index in [0.717, 1.165) is 41.5 Å². The molecule has 0 heterocycles. The van der Waals surface area contributed by atoms with E-state index in [1.807, 2.05) is 36.4 Å². The van der Waals surface area contributed by atoms with Crippen LogP contribution in [0.3, 0.4) is 0 Å². The number of nitrogens with one attached hydrogen (secondary N) is 2. The van der Waals surface area contributed by atoms with Gasteiger partial charge in [-0.2, -0.15) is 0 Å². The molecular formula is C24H26N2O5. The molecule has 4 rings (SSSR count). The second kappa shape index (κ2) is 9.20. The minimum atomic E-state index is -0.894. The molecule has 31 heavy (non-hydrogen) atoms. The first-order valence-corrected chi connectivity index (χ1v) is 10.6. The Morgan fingerprint density at radius 2 is 1.58 bits per heavy atom. The average Bonchev–Trinajstić information content (AvgIpc) is 3.06. The zero-order valence-electron chi connectivity index (χ0n) is 17.2. The van der Waals surface area contributed by atoms with Crippen molar-refractivity contribution in [2.45, 2.75) is 25.2 Å². The van der Waals surface area contributed by atoms with Crippen LogP contribution in [-0.4, -0.2) is 42.8 Å². The smallest absolute Gasteiger partial charge is 0.407 e. The highest BCUT2D eigenvalue weighted by Crippen LogP contribution is 2.44. The molecule has 0 radical (unpaired) electrons. The minimum absolute atomic E-state index is 0.0502. The maximum Gasteiger partial charge on any atom is 0.407 e. The molecule has 0 spiro atoms. The first kappa shape index (κ1) is 20.9. The summed E-state index contributed by atoms with van der Waals surface area (Å²) in [6, 6.07) is 16.1. The normalized spacial score (nSPS) is 15.9. The van der Waals surface area contributed by atoms with Crippen LogP contribution in [0.1, 0.15) is 36.3 Å². The summed E-state index contributed by atoms with van der Waals surface area (Å²) in [7, 11) is 0. The number of ether oxygens (including phenoxy) is 1. The average molecular weight is 422 g/mol. The van der Waals surface area contributed by atoms with Gasteiger partial charge in [0.25, 0.3) is 0 Å². The van der Waals surface area contributed by atoms with Crippen LogP contribution in [-0.2, 0) is 14.3 Å². The molecule has 7 nitrogen and oxygen atoms in total. The van der Waals surface area contributed by atoms with Crippen molar-refractivity contribution in [2.75, 3.05) is 19.7 Å². The quantitative estimate of drug-likeness (QED) is 0.606. The van der Waals surface area contributed by atoms with E-state index in [1.54, 1.807) is 0 Å². The lowest BCUT2D eigenvalue weighted by atomic mass is 9.76. The molecule has 2 amide bonds. The van der Waals surface area contributed by atoms with Crippen LogP contribution in [0.5, 0.6) is 0 Å². The highest BCUT2D eigenvalue weighted by atomic mass is 16.5. The SMILES string of the molecule is O=C(CNC(=O)OCC1c2ccccc2-c2ccccc21)NCC(C(=O)O)C1CCC1. The van der Waals surface area contributed by atoms with Crippen molar-refractivity contribution in [1.29, 1.82) is 0 Å². The van der Waals surface area contributed by atoms with Gasteiger partial charge in [0.1, 0.15) is 6.61 Å². The van der Waals surface area contributed by atoms with Crippen molar-refractivity contribution in [3.05, 3.63) is 59.7 Å². The number of fused-ring (bicyclic) bond motifs is 3. The van der Waals surface area contributed by atoms with Gasteiger partial charge in [-0.05, 0) is 41.0 Å². The van der Waals surface area contributed by atoms with Crippen LogP contribution >= 0.6 is 0 Å². The van der Waals surface area contributed by atoms with Gasteiger partial charge in [0, 0.05) is 12.5 Å². The van der Waals surface area contributed by atoms with E-state index in [0.29, 0.717) is 0 Å². The Labute approximate surface area is 180 Å². The van der Waals surface area contributed by atoms with Crippen molar-refractivity contribution in [3.8, 4) is 11.1 Å². The highest BCUT2D eigenvalue weighted by Gasteiger charge is 2.33. The molecule has 3 N–H and O–H groups in total. The number of benzene rings is 2. The summed E-state index contributed by atoms with van der Waals surface area (Å²) in [6.45, 7) is -0.0108. The van der Waals surface area contributed by atoms with Gasteiger partial charge >= 0.3 is 12.1 Å². The summed E-state index contributed by atoms with van der Waals surface area (Å²) in [4.78, 5) is 35.5. The maximum atomic E-state index is 12.1. The van der Waals surface area contributed by atoms with Gasteiger partial charge in [-0.3, -0.25) is 9.59 Å². The third kappa shape index (κ3) is 4.55. The van der Waals surface area contributed by atoms with Gasteiger partial charge in [-0.25, -0.2) is 4.79 Å². The summed E-state index contributed by atoms with van der Waals surface area (Å²) in [5.41, 5.74) is 4.52. The van der Waals surface area contributed by atoms with E-state index in [-0.39, 0.29) is 31.5 Å². The molecular weight excluding hydrogens is 396 g/mol. The number of carbonyl (C=O) groups is 3. The number of carbonyl (C=O) groups excluding carboxylic acids is 2. The van der Waals surface area contributed by atoms with E-state index in [1.165, 1.54) is 0 Å². The van der Waals surface area contributed by atoms with Gasteiger partial charge in [0.15, 0.2) is 0 Å². The Balaban J connectivity index is 1.25. The number of carboxylic acid groups (broad SMARTS) is 1. The number of alkyl carbamates (subject to hydrolysis) is 1. The van der Waals surface area contributed by atoms with Gasteiger partial charge in [-0.15, -0.1) is 0 Å². The fourth-order valence-electron chi connectivity index (χ4n) is 4.39. The Bertz CT molecular complexity index is 940. The molecule has 0 aliphatic heterocycles. The summed E-state index contributed by atoms with van der Waals surface area (Å²) in [5.74, 6) is -1.83. The largest absolute Gasteiger partial charge is 0.481 e. The number of rotatable bonds is 8. The van der Waals surface area contributed by atoms with Crippen molar-refractivity contribution in [2.24, 2.45) is 11.8 Å². The van der Waals surface area contributed by atoms with E-state index in [2.05, 4.69) is 22.8 Å². The zero-order chi connectivity index (χ0) is 21.8. The molecule has 7 heteroatoms. The summed E-state index contributed by atoms with van der Waals surface area (Å²) >= 11 is 0. The first-order chi connectivity index (χ1) is 15.0. The predicted octanol–water partition coefficient (Wildman–Crippen LogP) is 3.14. The van der Waals surface area contributed by atoms with Gasteiger partial charge in [0.05, 0.1) is 12.5 Å². The molecule has 2 aliphatic rings. The lowest BCUT2D eigenvalue weighted by molar-refractivity contribution is -0.144. The third-order valence-corrected chi connectivity index (χ3v) is 6.29. The van der Waals surface area contributed by atoms with Gasteiger partial charge < -0.3 is 20.5 Å². The predicted molar refractivity (Wildman–Crippen MR) is 115 cm³/mol. The lowest BCUT2D eigenvalue weighted by Crippen LogP contribution is -2.43. The molecule has 2 aliphatic carbocycles. The molecule has 1 atom stereocenters. The van der Waals surface area contributed by atoms with Crippen LogP contribution in [0.4, 0.5) is 4.79 Å². The molecule has 1 unspecified atom stereocenters. The zero-order valence-corrected chi connectivity index (χ0v) is 17.2. The fraction of sp³-hybridized carbons (Fsp3) is 0.375. The van der Waals surface area contributed by atoms with Crippen LogP contribution in [0.25, 0.3) is 11.1 Å². The second-order valence-corrected chi connectivity index (χ2v) is 8.12. The van der Waals surface area contributed by atoms with Crippen LogP contribution in [0, 0.1) is 11.8 Å². The van der Waals surface area contributed by atoms with Gasteiger partial charge in [0.2, 0.25) is 5.91 Å². The van der Waals surface area contributed by atoms with Crippen LogP contribution < -0.4 is 10.6 Å². The number of carboxylic acids is 1. The highest BCUT2D eigenvalue weighted by molar-refractivity contribution is 5.83. The van der Waals surface area contributed by atoms with E-state index >= 15 is 0 Å². The van der Waals surface area contributed by atoms with Crippen molar-refractivity contribution < 1.29 is 24.2 Å². The molecule has 1 saturated carbocycles. The van der Waals surface area contributed by atoms with Crippen molar-refractivity contribution >= 4 is 18.0 Å². The number of amides is 2. The van der Waals surface area contributed by atoms with Crippen LogP contribution in [0.2, 0.25) is 0 Å². The first-order valence-electron chi connectivity index (χ1n) is 10.6. The van der Waals surface area contributed by atoms with E-state index in [4.69, 9.17) is 4.74 Å². The molecule has 2 aromatic carbocycles. The molecule has 0 aromatic heterocycles. The third-order valence-electron chi connectivity index (χ3n) is 6.29. The van der Waals surface area contributed by atoms with E-state index < -0.39 is 23.9 Å². The Morgan fingerprint density at radius 3 is 2.13 bits per heavy atom. The standard InChI is InChI=1S/C24H26N2O5/c27-22(25-12-20(23(28)29)15-6-5-7-15)13-26-24(30)31-14-21-18-10-3-1-8-16(18)17-9-2-4-11-19(17)21/h1-4,8-11,15,20-21H,5-7,12-14H2,(H,25,27)(H,26,30)(H,28,29). The van der Waals surface area contributed by atoms with Crippen molar-refractivity contribution in [3.63, 3.8) is 0 Å². The maximum absolute atomic E-state index is 12.1. The molecule has 0 bridgehead atoms. The number of hydrogen-bond donors (Lipinski definition) is 3. The Kier molecular flexibility index (Phi) is 6.21. The summed E-state index contributed by atoms with van der Waals surface area (Å²) < 4.78 is 5.39. The lowest BCUT2D eigenvalue weighted by Gasteiger charge is -2.31. The Morgan fingerprint density at radius 1 is 0.968 bits per heavy atom. The fourth-order valence-corrected chi connectivity index (χ4v) is 4.39. The molecule has 2 aromatic rings. The summed E-state index contributed by atoms with van der Waals surface area (Å²) in [5, 5.41) is 14.4. The van der Waals surface area contributed by atoms with Crippen molar-refractivity contribution in [1.82, 2.24) is 10.6 Å². The molecule has 0 saturated heterocycles. The topological polar surface area (TPSA) is 105 Å². The monoisotopic (exact) mass is 422 g/mol. The molecule has 162 valence electrons. The van der Waals surface area contributed by atoms with Crippen LogP contribution in [0.15, 0.2) is 48.5 Å². The number of hydrogen-bond acceptors (Lipinski definition) is 4. The van der Waals surface area contributed by atoms with E-state index in [9.17, 15) is 19.5 Å². The van der Waals surface area contributed by atoms with Gasteiger partial charge in [-0.1, -0.05) is 55.0 Å². The molecule has 1 fully saturated rings. The summed E-state index contributed by atoms with van der Waals surface area (Å²) in [6.07, 6.45) is 2.12. The minimum Gasteiger partial charge on any atom is -0.481 e. The Hall–Kier alpha value is -3.35. The second-order valence-electron chi connectivity index (χ2n) is 8.12. The number of aliphatic carboxylic acids is 1.